The van der Waals surface area contributed by atoms with E-state index in [1.54, 1.807) is 6.92 Å². The summed E-state index contributed by atoms with van der Waals surface area (Å²) in [6, 6.07) is 0. The molecule has 0 aromatic heterocycles. The van der Waals surface area contributed by atoms with Crippen LogP contribution in [0.3, 0.4) is 0 Å². The molecule has 1 aliphatic carbocycles. The lowest BCUT2D eigenvalue weighted by molar-refractivity contribution is -0.126. The van der Waals surface area contributed by atoms with Crippen molar-refractivity contribution in [1.82, 2.24) is 0 Å². The van der Waals surface area contributed by atoms with Crippen LogP contribution >= 0.6 is 0 Å². The van der Waals surface area contributed by atoms with Crippen molar-refractivity contribution in [2.75, 3.05) is 5.75 Å². The third-order valence-corrected chi connectivity index (χ3v) is 5.17. The van der Waals surface area contributed by atoms with E-state index in [0.29, 0.717) is 6.42 Å². The molecule has 1 aliphatic rings. The van der Waals surface area contributed by atoms with Gasteiger partial charge in [0.2, 0.25) is 0 Å². The average molecular weight is 234 g/mol. The molecule has 0 aromatic carbocycles. The van der Waals surface area contributed by atoms with Gasteiger partial charge in [0.25, 0.3) is 10.1 Å². The molecule has 0 spiro atoms. The molecule has 0 aliphatic heterocycles. The Morgan fingerprint density at radius 2 is 1.87 bits per heavy atom. The van der Waals surface area contributed by atoms with E-state index >= 15 is 0 Å². The Morgan fingerprint density at radius 3 is 2.13 bits per heavy atom. The Balaban J connectivity index is 3.16. The second kappa shape index (κ2) is 3.28. The van der Waals surface area contributed by atoms with Gasteiger partial charge in [0.1, 0.15) is 5.78 Å². The molecule has 2 atom stereocenters. The highest BCUT2D eigenvalue weighted by atomic mass is 32.2. The lowest BCUT2D eigenvalue weighted by Gasteiger charge is -2.38. The van der Waals surface area contributed by atoms with Crippen molar-refractivity contribution in [1.29, 1.82) is 0 Å². The highest BCUT2D eigenvalue weighted by molar-refractivity contribution is 7.85. The zero-order valence-corrected chi connectivity index (χ0v) is 10.4. The summed E-state index contributed by atoms with van der Waals surface area (Å²) in [5, 5.41) is 0. The number of carbonyl (C=O) groups excluding carboxylic acids is 1. The second-order valence-corrected chi connectivity index (χ2v) is 6.76. The standard InChI is InChI=1S/C10H18O4S/c1-7-5-8(11)10(4,9(7,2)3)6-15(12,13)14/h7H,5-6H2,1-4H3,(H,12,13,14). The predicted molar refractivity (Wildman–Crippen MR) is 57.1 cm³/mol. The van der Waals surface area contributed by atoms with Crippen molar-refractivity contribution in [2.45, 2.75) is 34.1 Å². The largest absolute Gasteiger partial charge is 0.299 e. The van der Waals surface area contributed by atoms with Crippen LogP contribution in [-0.4, -0.2) is 24.5 Å². The normalized spacial score (nSPS) is 35.8. The van der Waals surface area contributed by atoms with Gasteiger partial charge >= 0.3 is 0 Å². The summed E-state index contributed by atoms with van der Waals surface area (Å²) in [6.07, 6.45) is 0.388. The number of carbonyl (C=O) groups is 1. The Hall–Kier alpha value is -0.420. The molecule has 0 amide bonds. The Kier molecular flexibility index (Phi) is 2.77. The van der Waals surface area contributed by atoms with E-state index in [-0.39, 0.29) is 11.7 Å². The minimum atomic E-state index is -4.11. The fourth-order valence-electron chi connectivity index (χ4n) is 2.29. The summed E-state index contributed by atoms with van der Waals surface area (Å²) in [6.45, 7) is 7.33. The third-order valence-electron chi connectivity index (χ3n) is 4.23. The number of hydrogen-bond donors (Lipinski definition) is 1. The van der Waals surface area contributed by atoms with Gasteiger partial charge in [0, 0.05) is 11.8 Å². The lowest BCUT2D eigenvalue weighted by atomic mass is 9.67. The first-order valence-corrected chi connectivity index (χ1v) is 6.60. The van der Waals surface area contributed by atoms with E-state index in [2.05, 4.69) is 0 Å². The first-order chi connectivity index (χ1) is 6.51. The maximum atomic E-state index is 11.8. The summed E-state index contributed by atoms with van der Waals surface area (Å²) in [7, 11) is -4.11. The van der Waals surface area contributed by atoms with Gasteiger partial charge in [-0.25, -0.2) is 0 Å². The highest BCUT2D eigenvalue weighted by Gasteiger charge is 2.57. The van der Waals surface area contributed by atoms with E-state index in [1.807, 2.05) is 20.8 Å². The van der Waals surface area contributed by atoms with E-state index in [9.17, 15) is 13.2 Å². The van der Waals surface area contributed by atoms with Crippen LogP contribution in [0.2, 0.25) is 0 Å². The van der Waals surface area contributed by atoms with Crippen LogP contribution in [0.15, 0.2) is 0 Å². The van der Waals surface area contributed by atoms with Crippen molar-refractivity contribution in [3.8, 4) is 0 Å². The maximum Gasteiger partial charge on any atom is 0.265 e. The molecule has 0 heterocycles. The number of rotatable bonds is 2. The average Bonchev–Trinajstić information content (AvgIpc) is 2.10. The van der Waals surface area contributed by atoms with Crippen molar-refractivity contribution >= 4 is 15.9 Å². The third kappa shape index (κ3) is 1.95. The summed E-state index contributed by atoms with van der Waals surface area (Å²) in [5.74, 6) is -0.412. The molecule has 0 radical (unpaired) electrons. The molecule has 0 saturated heterocycles. The van der Waals surface area contributed by atoms with Gasteiger partial charge < -0.3 is 0 Å². The quantitative estimate of drug-likeness (QED) is 0.735. The molecule has 15 heavy (non-hydrogen) atoms. The summed E-state index contributed by atoms with van der Waals surface area (Å²) < 4.78 is 30.8. The number of hydrogen-bond acceptors (Lipinski definition) is 3. The molecule has 5 heteroatoms. The van der Waals surface area contributed by atoms with Crippen molar-refractivity contribution < 1.29 is 17.8 Å². The smallest absolute Gasteiger partial charge is 0.265 e. The number of ketones is 1. The Labute approximate surface area is 90.8 Å². The molecule has 4 nitrogen and oxygen atoms in total. The molecule has 0 bridgehead atoms. The lowest BCUT2D eigenvalue weighted by Crippen LogP contribution is -2.42. The molecule has 88 valence electrons. The van der Waals surface area contributed by atoms with E-state index < -0.39 is 26.7 Å². The van der Waals surface area contributed by atoms with Crippen LogP contribution in [0.1, 0.15) is 34.1 Å². The van der Waals surface area contributed by atoms with Gasteiger partial charge in [-0.3, -0.25) is 9.35 Å². The molecular weight excluding hydrogens is 216 g/mol. The van der Waals surface area contributed by atoms with Crippen LogP contribution in [0.4, 0.5) is 0 Å². The topological polar surface area (TPSA) is 71.4 Å². The highest BCUT2D eigenvalue weighted by Crippen LogP contribution is 2.53. The predicted octanol–water partition coefficient (Wildman–Crippen LogP) is 1.52. The van der Waals surface area contributed by atoms with Gasteiger partial charge in [-0.05, 0) is 11.3 Å². The fourth-order valence-corrected chi connectivity index (χ4v) is 3.56. The van der Waals surface area contributed by atoms with Crippen LogP contribution in [0.25, 0.3) is 0 Å². The van der Waals surface area contributed by atoms with Crippen LogP contribution < -0.4 is 0 Å². The fraction of sp³-hybridized carbons (Fsp3) is 0.900. The van der Waals surface area contributed by atoms with Gasteiger partial charge in [0.15, 0.2) is 0 Å². The van der Waals surface area contributed by atoms with Crippen LogP contribution in [0.5, 0.6) is 0 Å². The molecule has 1 saturated carbocycles. The van der Waals surface area contributed by atoms with Gasteiger partial charge in [-0.1, -0.05) is 27.7 Å². The Morgan fingerprint density at radius 1 is 1.40 bits per heavy atom. The minimum absolute atomic E-state index is 0.0716. The summed E-state index contributed by atoms with van der Waals surface area (Å²) in [5.41, 5.74) is -1.38. The Bertz CT molecular complexity index is 382. The van der Waals surface area contributed by atoms with Crippen LogP contribution in [-0.2, 0) is 14.9 Å². The van der Waals surface area contributed by atoms with Gasteiger partial charge in [-0.2, -0.15) is 8.42 Å². The molecule has 1 fully saturated rings. The molecule has 1 N–H and O–H groups in total. The second-order valence-electron chi connectivity index (χ2n) is 5.31. The first-order valence-electron chi connectivity index (χ1n) is 4.99. The molecular formula is C10H18O4S. The molecule has 1 rings (SSSR count). The van der Waals surface area contributed by atoms with E-state index in [0.717, 1.165) is 0 Å². The van der Waals surface area contributed by atoms with E-state index in [4.69, 9.17) is 4.55 Å². The zero-order valence-electron chi connectivity index (χ0n) is 9.57. The van der Waals surface area contributed by atoms with Crippen molar-refractivity contribution in [3.63, 3.8) is 0 Å². The van der Waals surface area contributed by atoms with Crippen molar-refractivity contribution in [2.24, 2.45) is 16.7 Å². The van der Waals surface area contributed by atoms with Crippen molar-refractivity contribution in [3.05, 3.63) is 0 Å². The monoisotopic (exact) mass is 234 g/mol. The molecule has 0 aromatic rings. The number of Topliss-reactive ketones (excluding diaryl/α,β-unsaturated/α-hetero) is 1. The van der Waals surface area contributed by atoms with Gasteiger partial charge in [0.05, 0.1) is 5.75 Å². The zero-order chi connectivity index (χ0) is 12.1. The minimum Gasteiger partial charge on any atom is -0.299 e. The summed E-state index contributed by atoms with van der Waals surface area (Å²) in [4.78, 5) is 11.8. The molecule has 2 unspecified atom stereocenters. The first kappa shape index (κ1) is 12.6. The van der Waals surface area contributed by atoms with Crippen LogP contribution in [0, 0.1) is 16.7 Å². The maximum absolute atomic E-state index is 11.8. The van der Waals surface area contributed by atoms with Gasteiger partial charge in [-0.15, -0.1) is 0 Å². The summed E-state index contributed by atoms with van der Waals surface area (Å²) >= 11 is 0. The SMILES string of the molecule is CC1CC(=O)C(C)(CS(=O)(=O)O)C1(C)C. The van der Waals surface area contributed by atoms with E-state index in [1.165, 1.54) is 0 Å².